The van der Waals surface area contributed by atoms with Gasteiger partial charge in [0.15, 0.2) is 0 Å². The Morgan fingerprint density at radius 1 is 1.39 bits per heavy atom. The van der Waals surface area contributed by atoms with E-state index >= 15 is 0 Å². The highest BCUT2D eigenvalue weighted by molar-refractivity contribution is 7.84. The third-order valence-electron chi connectivity index (χ3n) is 2.52. The average Bonchev–Trinajstić information content (AvgIpc) is 2.45. The van der Waals surface area contributed by atoms with Crippen molar-refractivity contribution in [3.63, 3.8) is 0 Å². The summed E-state index contributed by atoms with van der Waals surface area (Å²) in [5, 5.41) is 5.84. The molecule has 0 aliphatic rings. The van der Waals surface area contributed by atoms with Crippen molar-refractivity contribution >= 4 is 24.1 Å². The van der Waals surface area contributed by atoms with Crippen molar-refractivity contribution < 1.29 is 18.6 Å². The van der Waals surface area contributed by atoms with Crippen molar-refractivity contribution in [2.24, 2.45) is 5.11 Å². The van der Waals surface area contributed by atoms with Gasteiger partial charge in [-0.1, -0.05) is 17.2 Å². The molecule has 0 bridgehead atoms. The number of hydrogen-bond acceptors (Lipinski definition) is 5. The van der Waals surface area contributed by atoms with Gasteiger partial charge >= 0.3 is 12.8 Å². The SMILES string of the molecule is CC(C)OC(=O)[C@@H](C)NP(=O)(Cl)Oc1ccc(CN=[N+]=[N-])cc1. The zero-order valence-corrected chi connectivity index (χ0v) is 14.6. The second kappa shape index (κ2) is 8.79. The molecule has 8 nitrogen and oxygen atoms in total. The van der Waals surface area contributed by atoms with Crippen LogP contribution in [0.25, 0.3) is 10.4 Å². The van der Waals surface area contributed by atoms with Crippen molar-refractivity contribution in [1.29, 1.82) is 0 Å². The summed E-state index contributed by atoms with van der Waals surface area (Å²) in [6.07, 6.45) is -0.286. The molecule has 2 atom stereocenters. The molecule has 0 saturated carbocycles. The van der Waals surface area contributed by atoms with Gasteiger partial charge in [0.05, 0.1) is 12.6 Å². The van der Waals surface area contributed by atoms with Gasteiger partial charge < -0.3 is 9.26 Å². The molecule has 1 unspecified atom stereocenters. The molecule has 0 heterocycles. The summed E-state index contributed by atoms with van der Waals surface area (Å²) < 4.78 is 22.4. The quantitative estimate of drug-likeness (QED) is 0.246. The maximum absolute atomic E-state index is 12.2. The second-order valence-electron chi connectivity index (χ2n) is 4.94. The molecule has 10 heteroatoms. The van der Waals surface area contributed by atoms with E-state index in [2.05, 4.69) is 15.1 Å². The van der Waals surface area contributed by atoms with Crippen LogP contribution in [0, 0.1) is 0 Å². The first-order chi connectivity index (χ1) is 10.7. The van der Waals surface area contributed by atoms with Crippen LogP contribution in [0.4, 0.5) is 0 Å². The van der Waals surface area contributed by atoms with Gasteiger partial charge in [0.25, 0.3) is 0 Å². The van der Waals surface area contributed by atoms with Crippen molar-refractivity contribution in [3.05, 3.63) is 40.3 Å². The van der Waals surface area contributed by atoms with Gasteiger partial charge in [0.2, 0.25) is 0 Å². The molecule has 0 aromatic heterocycles. The van der Waals surface area contributed by atoms with E-state index in [9.17, 15) is 9.36 Å². The highest BCUT2D eigenvalue weighted by atomic mass is 35.7. The first-order valence-corrected chi connectivity index (χ1v) is 9.34. The smallest absolute Gasteiger partial charge is 0.409 e. The van der Waals surface area contributed by atoms with E-state index in [0.717, 1.165) is 5.56 Å². The second-order valence-corrected chi connectivity index (χ2v) is 7.68. The largest absolute Gasteiger partial charge is 0.462 e. The number of rotatable bonds is 8. The molecule has 0 saturated heterocycles. The van der Waals surface area contributed by atoms with E-state index in [-0.39, 0.29) is 18.4 Å². The summed E-state index contributed by atoms with van der Waals surface area (Å²) >= 11 is 5.82. The molecule has 0 radical (unpaired) electrons. The fourth-order valence-corrected chi connectivity index (χ4v) is 3.24. The van der Waals surface area contributed by atoms with Crippen molar-refractivity contribution in [2.45, 2.75) is 39.5 Å². The van der Waals surface area contributed by atoms with E-state index < -0.39 is 18.9 Å². The monoisotopic (exact) mass is 360 g/mol. The number of carbonyl (C=O) groups excluding carboxylic acids is 1. The Bertz CT molecular complexity index is 631. The number of ether oxygens (including phenoxy) is 1. The van der Waals surface area contributed by atoms with Crippen LogP contribution in [0.2, 0.25) is 0 Å². The minimum atomic E-state index is -3.76. The minimum Gasteiger partial charge on any atom is -0.462 e. The van der Waals surface area contributed by atoms with E-state index in [0.29, 0.717) is 0 Å². The van der Waals surface area contributed by atoms with Gasteiger partial charge in [0, 0.05) is 16.2 Å². The Morgan fingerprint density at radius 2 is 2.00 bits per heavy atom. The van der Waals surface area contributed by atoms with E-state index in [4.69, 9.17) is 26.0 Å². The van der Waals surface area contributed by atoms with E-state index in [1.807, 2.05) is 0 Å². The highest BCUT2D eigenvalue weighted by Gasteiger charge is 2.28. The van der Waals surface area contributed by atoms with Crippen molar-refractivity contribution in [2.75, 3.05) is 0 Å². The van der Waals surface area contributed by atoms with Crippen LogP contribution in [0.15, 0.2) is 29.4 Å². The molecule has 1 N–H and O–H groups in total. The molecular weight excluding hydrogens is 343 g/mol. The standard InChI is InChI=1S/C13H18ClN4O4P/c1-9(2)21-13(19)10(3)17-23(14,20)22-12-6-4-11(5-7-12)8-16-18-15/h4-7,9-10H,8H2,1-3H3,(H,17,20)/t10-,23?/m1/s1. The zero-order valence-electron chi connectivity index (χ0n) is 13.0. The molecule has 0 aliphatic heterocycles. The summed E-state index contributed by atoms with van der Waals surface area (Å²) in [5.41, 5.74) is 9.02. The molecule has 1 aromatic rings. The lowest BCUT2D eigenvalue weighted by molar-refractivity contribution is -0.148. The number of halogens is 1. The van der Waals surface area contributed by atoms with Gasteiger partial charge in [-0.15, -0.1) is 0 Å². The summed E-state index contributed by atoms with van der Waals surface area (Å²) in [5.74, 6) is -0.320. The highest BCUT2D eigenvalue weighted by Crippen LogP contribution is 2.48. The fraction of sp³-hybridized carbons (Fsp3) is 0.462. The van der Waals surface area contributed by atoms with Crippen LogP contribution in [-0.4, -0.2) is 18.1 Å². The Balaban J connectivity index is 2.65. The maximum atomic E-state index is 12.2. The van der Waals surface area contributed by atoms with Crippen molar-refractivity contribution in [1.82, 2.24) is 5.09 Å². The zero-order chi connectivity index (χ0) is 17.5. The number of hydrogen-bond donors (Lipinski definition) is 1. The number of azide groups is 1. The summed E-state index contributed by atoms with van der Waals surface area (Å²) in [4.78, 5) is 14.3. The predicted molar refractivity (Wildman–Crippen MR) is 87.2 cm³/mol. The number of nitrogens with zero attached hydrogens (tertiary/aromatic N) is 3. The number of carbonyl (C=O) groups is 1. The van der Waals surface area contributed by atoms with E-state index in [1.54, 1.807) is 26.0 Å². The average molecular weight is 361 g/mol. The molecular formula is C13H18ClN4O4P. The minimum absolute atomic E-state index is 0.200. The summed E-state index contributed by atoms with van der Waals surface area (Å²) in [6.45, 7) is 1.33. The Morgan fingerprint density at radius 3 is 2.52 bits per heavy atom. The van der Waals surface area contributed by atoms with Crippen LogP contribution in [-0.2, 0) is 20.6 Å². The first-order valence-electron chi connectivity index (χ1n) is 6.81. The van der Waals surface area contributed by atoms with Crippen LogP contribution >= 0.6 is 18.1 Å². The molecule has 23 heavy (non-hydrogen) atoms. The van der Waals surface area contributed by atoms with Crippen LogP contribution < -0.4 is 9.61 Å². The summed E-state index contributed by atoms with van der Waals surface area (Å²) in [7, 11) is 0. The van der Waals surface area contributed by atoms with Crippen molar-refractivity contribution in [3.8, 4) is 5.75 Å². The molecule has 0 spiro atoms. The van der Waals surface area contributed by atoms with Crippen LogP contribution in [0.1, 0.15) is 26.3 Å². The lowest BCUT2D eigenvalue weighted by Gasteiger charge is -2.19. The Hall–Kier alpha value is -1.72. The molecule has 0 aliphatic carbocycles. The number of esters is 1. The lowest BCUT2D eigenvalue weighted by Crippen LogP contribution is -2.34. The van der Waals surface area contributed by atoms with Gasteiger partial charge in [-0.2, -0.15) is 0 Å². The van der Waals surface area contributed by atoms with Gasteiger partial charge in [-0.05, 0) is 44.0 Å². The summed E-state index contributed by atoms with van der Waals surface area (Å²) in [6, 6.07) is 5.49. The Labute approximate surface area is 139 Å². The number of benzene rings is 1. The molecule has 1 aromatic carbocycles. The number of nitrogens with one attached hydrogen (secondary N) is 1. The van der Waals surface area contributed by atoms with Crippen LogP contribution in [0.3, 0.4) is 0 Å². The lowest BCUT2D eigenvalue weighted by atomic mass is 10.2. The molecule has 0 fully saturated rings. The third-order valence-corrected chi connectivity index (χ3v) is 4.16. The van der Waals surface area contributed by atoms with E-state index in [1.165, 1.54) is 19.1 Å². The third kappa shape index (κ3) is 7.39. The first kappa shape index (κ1) is 19.3. The topological polar surface area (TPSA) is 113 Å². The van der Waals surface area contributed by atoms with Gasteiger partial charge in [0.1, 0.15) is 11.8 Å². The molecule has 0 amide bonds. The fourth-order valence-electron chi connectivity index (χ4n) is 1.55. The maximum Gasteiger partial charge on any atom is 0.409 e. The molecule has 1 rings (SSSR count). The predicted octanol–water partition coefficient (Wildman–Crippen LogP) is 4.15. The molecule has 126 valence electrons. The normalized spacial score (nSPS) is 14.5. The Kier molecular flexibility index (Phi) is 7.39. The van der Waals surface area contributed by atoms with Crippen LogP contribution in [0.5, 0.6) is 5.75 Å². The van der Waals surface area contributed by atoms with Gasteiger partial charge in [-0.3, -0.25) is 4.79 Å². The van der Waals surface area contributed by atoms with Gasteiger partial charge in [-0.25, -0.2) is 9.65 Å².